The number of nitrogens with two attached hydrogens (primary N) is 1. The van der Waals surface area contributed by atoms with Gasteiger partial charge in [0, 0.05) is 18.3 Å². The summed E-state index contributed by atoms with van der Waals surface area (Å²) in [4.78, 5) is 13.8. The Hall–Kier alpha value is -2.06. The minimum Gasteiger partial charge on any atom is -0.399 e. The maximum absolute atomic E-state index is 11.7. The van der Waals surface area contributed by atoms with Crippen molar-refractivity contribution in [2.45, 2.75) is 25.4 Å². The van der Waals surface area contributed by atoms with Crippen LogP contribution < -0.4 is 11.1 Å². The van der Waals surface area contributed by atoms with Gasteiger partial charge < -0.3 is 11.1 Å². The molecule has 1 saturated carbocycles. The van der Waals surface area contributed by atoms with Gasteiger partial charge in [-0.1, -0.05) is 12.1 Å². The standard InChI is InChI=1S/C14H18N4O/c15-7-8-17-14(19)10-18(13-5-6-13)9-11-1-3-12(16)4-2-11/h1-4,13H,5-6,8-10,16H2,(H,17,19). The third-order valence-electron chi connectivity index (χ3n) is 3.14. The van der Waals surface area contributed by atoms with Gasteiger partial charge in [-0.2, -0.15) is 5.26 Å². The number of nitriles is 1. The summed E-state index contributed by atoms with van der Waals surface area (Å²) in [6.45, 7) is 1.15. The number of anilines is 1. The summed E-state index contributed by atoms with van der Waals surface area (Å²) in [6, 6.07) is 10.1. The molecule has 5 heteroatoms. The maximum atomic E-state index is 11.7. The van der Waals surface area contributed by atoms with Gasteiger partial charge in [0.25, 0.3) is 0 Å². The van der Waals surface area contributed by atoms with Crippen LogP contribution in [0.3, 0.4) is 0 Å². The summed E-state index contributed by atoms with van der Waals surface area (Å²) in [5.41, 5.74) is 7.55. The molecule has 0 bridgehead atoms. The zero-order valence-corrected chi connectivity index (χ0v) is 10.8. The first-order valence-electron chi connectivity index (χ1n) is 6.41. The Bertz CT molecular complexity index is 473. The van der Waals surface area contributed by atoms with E-state index in [2.05, 4.69) is 10.2 Å². The average Bonchev–Trinajstić information content (AvgIpc) is 3.22. The molecule has 0 spiro atoms. The van der Waals surface area contributed by atoms with Crippen LogP contribution in [0.4, 0.5) is 5.69 Å². The van der Waals surface area contributed by atoms with Crippen LogP contribution in [-0.2, 0) is 11.3 Å². The van der Waals surface area contributed by atoms with Gasteiger partial charge in [-0.05, 0) is 30.5 Å². The molecular formula is C14H18N4O. The number of nitrogens with zero attached hydrogens (tertiary/aromatic N) is 2. The molecule has 2 rings (SSSR count). The van der Waals surface area contributed by atoms with E-state index in [1.165, 1.54) is 0 Å². The van der Waals surface area contributed by atoms with Crippen LogP contribution in [0.25, 0.3) is 0 Å². The van der Waals surface area contributed by atoms with Crippen molar-refractivity contribution < 1.29 is 4.79 Å². The highest BCUT2D eigenvalue weighted by Crippen LogP contribution is 2.28. The van der Waals surface area contributed by atoms with E-state index in [0.29, 0.717) is 12.6 Å². The highest BCUT2D eigenvalue weighted by molar-refractivity contribution is 5.78. The number of hydrogen-bond donors (Lipinski definition) is 2. The van der Waals surface area contributed by atoms with E-state index in [4.69, 9.17) is 11.0 Å². The summed E-state index contributed by atoms with van der Waals surface area (Å²) in [5, 5.41) is 11.0. The van der Waals surface area contributed by atoms with Gasteiger partial charge in [-0.25, -0.2) is 0 Å². The quantitative estimate of drug-likeness (QED) is 0.586. The summed E-state index contributed by atoms with van der Waals surface area (Å²) in [5.74, 6) is -0.0936. The SMILES string of the molecule is N#CCNC(=O)CN(Cc1ccc(N)cc1)C1CC1. The molecule has 0 aliphatic heterocycles. The van der Waals surface area contributed by atoms with Crippen LogP contribution in [0.15, 0.2) is 24.3 Å². The predicted molar refractivity (Wildman–Crippen MR) is 72.9 cm³/mol. The Kier molecular flexibility index (Phi) is 4.37. The van der Waals surface area contributed by atoms with Crippen LogP contribution in [0.5, 0.6) is 0 Å². The predicted octanol–water partition coefficient (Wildman–Crippen LogP) is 0.873. The van der Waals surface area contributed by atoms with E-state index in [-0.39, 0.29) is 12.5 Å². The minimum absolute atomic E-state index is 0.0687. The monoisotopic (exact) mass is 258 g/mol. The summed E-state index contributed by atoms with van der Waals surface area (Å²) in [6.07, 6.45) is 2.28. The Morgan fingerprint density at radius 2 is 2.11 bits per heavy atom. The number of rotatable bonds is 6. The Balaban J connectivity index is 1.91. The third-order valence-corrected chi connectivity index (χ3v) is 3.14. The maximum Gasteiger partial charge on any atom is 0.235 e. The Morgan fingerprint density at radius 3 is 2.68 bits per heavy atom. The second kappa shape index (κ2) is 6.21. The van der Waals surface area contributed by atoms with Crippen molar-refractivity contribution >= 4 is 11.6 Å². The second-order valence-electron chi connectivity index (χ2n) is 4.81. The van der Waals surface area contributed by atoms with Gasteiger partial charge in [-0.15, -0.1) is 0 Å². The molecule has 1 amide bonds. The lowest BCUT2D eigenvalue weighted by Gasteiger charge is -2.21. The van der Waals surface area contributed by atoms with Gasteiger partial charge in [0.1, 0.15) is 6.54 Å². The first-order valence-corrected chi connectivity index (χ1v) is 6.41. The molecule has 0 saturated heterocycles. The normalized spacial score (nSPS) is 14.1. The van der Waals surface area contributed by atoms with Crippen molar-refractivity contribution in [2.24, 2.45) is 0 Å². The lowest BCUT2D eigenvalue weighted by atomic mass is 10.2. The van der Waals surface area contributed by atoms with E-state index >= 15 is 0 Å². The fourth-order valence-electron chi connectivity index (χ4n) is 1.99. The largest absolute Gasteiger partial charge is 0.399 e. The molecule has 0 aromatic heterocycles. The van der Waals surface area contributed by atoms with Gasteiger partial charge in [-0.3, -0.25) is 9.69 Å². The van der Waals surface area contributed by atoms with Gasteiger partial charge in [0.15, 0.2) is 0 Å². The summed E-state index contributed by atoms with van der Waals surface area (Å²) >= 11 is 0. The topological polar surface area (TPSA) is 82.2 Å². The van der Waals surface area contributed by atoms with E-state index in [0.717, 1.165) is 30.6 Å². The van der Waals surface area contributed by atoms with E-state index in [1.807, 2.05) is 30.3 Å². The Labute approximate surface area is 113 Å². The van der Waals surface area contributed by atoms with Crippen LogP contribution in [0.1, 0.15) is 18.4 Å². The van der Waals surface area contributed by atoms with Crippen LogP contribution >= 0.6 is 0 Å². The number of carbonyl (C=O) groups excluding carboxylic acids is 1. The van der Waals surface area contributed by atoms with Gasteiger partial charge in [0.05, 0.1) is 12.6 Å². The second-order valence-corrected chi connectivity index (χ2v) is 4.81. The van der Waals surface area contributed by atoms with Gasteiger partial charge >= 0.3 is 0 Å². The van der Waals surface area contributed by atoms with Crippen LogP contribution in [0, 0.1) is 11.3 Å². The number of hydrogen-bond acceptors (Lipinski definition) is 4. The summed E-state index contributed by atoms with van der Waals surface area (Å²) < 4.78 is 0. The zero-order chi connectivity index (χ0) is 13.7. The molecule has 0 unspecified atom stereocenters. The Morgan fingerprint density at radius 1 is 1.42 bits per heavy atom. The van der Waals surface area contributed by atoms with Crippen molar-refractivity contribution in [1.82, 2.24) is 10.2 Å². The number of nitrogens with one attached hydrogen (secondary N) is 1. The van der Waals surface area contributed by atoms with Crippen molar-refractivity contribution in [1.29, 1.82) is 5.26 Å². The molecular weight excluding hydrogens is 240 g/mol. The van der Waals surface area contributed by atoms with Crippen molar-refractivity contribution in [2.75, 3.05) is 18.8 Å². The molecule has 0 atom stereocenters. The smallest absolute Gasteiger partial charge is 0.235 e. The number of nitrogen functional groups attached to an aromatic ring is 1. The van der Waals surface area contributed by atoms with E-state index in [1.54, 1.807) is 0 Å². The molecule has 3 N–H and O–H groups in total. The molecule has 19 heavy (non-hydrogen) atoms. The molecule has 5 nitrogen and oxygen atoms in total. The van der Waals surface area contributed by atoms with Crippen molar-refractivity contribution in [3.8, 4) is 6.07 Å². The van der Waals surface area contributed by atoms with Crippen LogP contribution in [0.2, 0.25) is 0 Å². The van der Waals surface area contributed by atoms with Gasteiger partial charge in [0.2, 0.25) is 5.91 Å². The third kappa shape index (κ3) is 4.27. The molecule has 100 valence electrons. The van der Waals surface area contributed by atoms with Crippen molar-refractivity contribution in [3.63, 3.8) is 0 Å². The molecule has 0 heterocycles. The first-order chi connectivity index (χ1) is 9.19. The van der Waals surface area contributed by atoms with E-state index < -0.39 is 0 Å². The molecule has 1 aliphatic carbocycles. The number of benzene rings is 1. The minimum atomic E-state index is -0.0936. The fourth-order valence-corrected chi connectivity index (χ4v) is 1.99. The zero-order valence-electron chi connectivity index (χ0n) is 10.8. The van der Waals surface area contributed by atoms with Crippen LogP contribution in [-0.4, -0.2) is 29.9 Å². The number of carbonyl (C=O) groups is 1. The fraction of sp³-hybridized carbons (Fsp3) is 0.429. The lowest BCUT2D eigenvalue weighted by molar-refractivity contribution is -0.122. The highest BCUT2D eigenvalue weighted by Gasteiger charge is 2.30. The lowest BCUT2D eigenvalue weighted by Crippen LogP contribution is -2.38. The van der Waals surface area contributed by atoms with E-state index in [9.17, 15) is 4.79 Å². The molecule has 1 aromatic carbocycles. The molecule has 1 aliphatic rings. The number of amides is 1. The average molecular weight is 258 g/mol. The molecule has 1 aromatic rings. The first kappa shape index (κ1) is 13.4. The molecule has 1 fully saturated rings. The van der Waals surface area contributed by atoms with Crippen molar-refractivity contribution in [3.05, 3.63) is 29.8 Å². The highest BCUT2D eigenvalue weighted by atomic mass is 16.2. The molecule has 0 radical (unpaired) electrons. The summed E-state index contributed by atoms with van der Waals surface area (Å²) in [7, 11) is 0.